The number of hydrogen-bond donors (Lipinski definition) is 3. The summed E-state index contributed by atoms with van der Waals surface area (Å²) in [6.45, 7) is 0.716. The fraction of sp³-hybridized carbons (Fsp3) is 0.438. The molecule has 1 fully saturated rings. The molecule has 1 aromatic carbocycles. The third kappa shape index (κ3) is 3.44. The number of fused-ring (bicyclic) bond motifs is 1. The summed E-state index contributed by atoms with van der Waals surface area (Å²) in [5.41, 5.74) is 0.946. The van der Waals surface area contributed by atoms with E-state index in [9.17, 15) is 14.4 Å². The number of amides is 3. The summed E-state index contributed by atoms with van der Waals surface area (Å²) in [7, 11) is 0. The van der Waals surface area contributed by atoms with Gasteiger partial charge >= 0.3 is 0 Å². The maximum atomic E-state index is 12.2. The predicted octanol–water partition coefficient (Wildman–Crippen LogP) is 1.04. The summed E-state index contributed by atoms with van der Waals surface area (Å²) in [4.78, 5) is 36.0. The third-order valence-corrected chi connectivity index (χ3v) is 4.00. The normalized spacial score (nSPS) is 20.5. The number of para-hydroxylation sites is 1. The van der Waals surface area contributed by atoms with Gasteiger partial charge in [0, 0.05) is 13.0 Å². The van der Waals surface area contributed by atoms with Crippen molar-refractivity contribution in [1.29, 1.82) is 0 Å². The van der Waals surface area contributed by atoms with E-state index < -0.39 is 6.04 Å². The van der Waals surface area contributed by atoms with E-state index >= 15 is 0 Å². The molecule has 3 N–H and O–H groups in total. The van der Waals surface area contributed by atoms with Crippen LogP contribution in [0.15, 0.2) is 24.3 Å². The Morgan fingerprint density at radius 2 is 2.00 bits per heavy atom. The quantitative estimate of drug-likeness (QED) is 0.759. The van der Waals surface area contributed by atoms with Gasteiger partial charge in [0.2, 0.25) is 11.8 Å². The zero-order valence-electron chi connectivity index (χ0n) is 12.2. The Labute approximate surface area is 128 Å². The molecular weight excluding hydrogens is 282 g/mol. The molecule has 1 aliphatic carbocycles. The largest absolute Gasteiger partial charge is 0.356 e. The molecule has 1 aromatic rings. The van der Waals surface area contributed by atoms with E-state index in [1.165, 1.54) is 12.8 Å². The predicted molar refractivity (Wildman–Crippen MR) is 81.3 cm³/mol. The van der Waals surface area contributed by atoms with E-state index in [4.69, 9.17) is 0 Å². The molecule has 0 saturated heterocycles. The van der Waals surface area contributed by atoms with Gasteiger partial charge in [-0.05, 0) is 37.3 Å². The van der Waals surface area contributed by atoms with Crippen molar-refractivity contribution in [3.8, 4) is 0 Å². The molecule has 0 radical (unpaired) electrons. The van der Waals surface area contributed by atoms with E-state index in [-0.39, 0.29) is 24.1 Å². The highest BCUT2D eigenvalue weighted by atomic mass is 16.2. The Morgan fingerprint density at radius 1 is 1.23 bits per heavy atom. The summed E-state index contributed by atoms with van der Waals surface area (Å²) in [6.07, 6.45) is 2.88. The molecule has 0 aromatic heterocycles. The smallest absolute Gasteiger partial charge is 0.254 e. The van der Waals surface area contributed by atoms with Crippen LogP contribution in [0.25, 0.3) is 0 Å². The molecule has 6 heteroatoms. The van der Waals surface area contributed by atoms with E-state index in [0.717, 1.165) is 0 Å². The van der Waals surface area contributed by atoms with Crippen molar-refractivity contribution in [3.05, 3.63) is 29.8 Å². The van der Waals surface area contributed by atoms with Crippen molar-refractivity contribution in [2.75, 3.05) is 11.9 Å². The van der Waals surface area contributed by atoms with Crippen molar-refractivity contribution >= 4 is 23.4 Å². The highest BCUT2D eigenvalue weighted by Gasteiger charge is 2.28. The van der Waals surface area contributed by atoms with Gasteiger partial charge < -0.3 is 16.0 Å². The average Bonchev–Trinajstić information content (AvgIpc) is 3.33. The second kappa shape index (κ2) is 6.17. The zero-order valence-corrected chi connectivity index (χ0v) is 12.2. The van der Waals surface area contributed by atoms with Crippen molar-refractivity contribution in [2.45, 2.75) is 31.7 Å². The fourth-order valence-corrected chi connectivity index (χ4v) is 2.46. The van der Waals surface area contributed by atoms with Crippen LogP contribution >= 0.6 is 0 Å². The molecule has 0 unspecified atom stereocenters. The molecule has 0 spiro atoms. The first-order valence-electron chi connectivity index (χ1n) is 7.61. The maximum Gasteiger partial charge on any atom is 0.254 e. The summed E-state index contributed by atoms with van der Waals surface area (Å²) >= 11 is 0. The number of carbonyl (C=O) groups excluding carboxylic acids is 3. The summed E-state index contributed by atoms with van der Waals surface area (Å²) in [6, 6.07) is 6.17. The number of nitrogens with one attached hydrogen (secondary N) is 3. The first kappa shape index (κ1) is 14.6. The highest BCUT2D eigenvalue weighted by molar-refractivity contribution is 6.09. The Hall–Kier alpha value is -2.37. The van der Waals surface area contributed by atoms with Crippen LogP contribution in [0.1, 0.15) is 36.0 Å². The van der Waals surface area contributed by atoms with Gasteiger partial charge in [-0.3, -0.25) is 14.4 Å². The minimum absolute atomic E-state index is 0.0734. The summed E-state index contributed by atoms with van der Waals surface area (Å²) in [5, 5.41) is 8.28. The van der Waals surface area contributed by atoms with Gasteiger partial charge in [-0.1, -0.05) is 12.1 Å². The van der Waals surface area contributed by atoms with Crippen LogP contribution in [0.2, 0.25) is 0 Å². The van der Waals surface area contributed by atoms with Crippen molar-refractivity contribution in [2.24, 2.45) is 5.92 Å². The van der Waals surface area contributed by atoms with Crippen molar-refractivity contribution in [3.63, 3.8) is 0 Å². The SMILES string of the molecule is O=C(CC[C@@H]1NC(=O)c2ccccc2NC1=O)NCC1CC1. The first-order chi connectivity index (χ1) is 10.6. The van der Waals surface area contributed by atoms with E-state index in [2.05, 4.69) is 16.0 Å². The van der Waals surface area contributed by atoms with Gasteiger partial charge in [0.1, 0.15) is 6.04 Å². The number of hydrogen-bond acceptors (Lipinski definition) is 3. The molecular formula is C16H19N3O3. The van der Waals surface area contributed by atoms with Gasteiger partial charge in [-0.2, -0.15) is 0 Å². The molecule has 6 nitrogen and oxygen atoms in total. The topological polar surface area (TPSA) is 87.3 Å². The van der Waals surface area contributed by atoms with Crippen molar-refractivity contribution < 1.29 is 14.4 Å². The molecule has 116 valence electrons. The average molecular weight is 301 g/mol. The monoisotopic (exact) mass is 301 g/mol. The molecule has 1 saturated carbocycles. The second-order valence-electron chi connectivity index (χ2n) is 5.85. The fourth-order valence-electron chi connectivity index (χ4n) is 2.46. The molecule has 22 heavy (non-hydrogen) atoms. The minimum Gasteiger partial charge on any atom is -0.356 e. The number of carbonyl (C=O) groups is 3. The van der Waals surface area contributed by atoms with Gasteiger partial charge in [-0.15, -0.1) is 0 Å². The number of rotatable bonds is 5. The molecule has 0 bridgehead atoms. The van der Waals surface area contributed by atoms with Crippen LogP contribution in [-0.2, 0) is 9.59 Å². The van der Waals surface area contributed by atoms with Gasteiger partial charge in [0.25, 0.3) is 5.91 Å². The Kier molecular flexibility index (Phi) is 4.09. The lowest BCUT2D eigenvalue weighted by Crippen LogP contribution is -2.42. The molecule has 2 aliphatic rings. The lowest BCUT2D eigenvalue weighted by molar-refractivity contribution is -0.121. The lowest BCUT2D eigenvalue weighted by Gasteiger charge is -2.14. The van der Waals surface area contributed by atoms with Crippen LogP contribution in [0, 0.1) is 5.92 Å². The summed E-state index contributed by atoms with van der Waals surface area (Å²) in [5.74, 6) is -0.0272. The second-order valence-corrected chi connectivity index (χ2v) is 5.85. The van der Waals surface area contributed by atoms with E-state index in [1.807, 2.05) is 0 Å². The molecule has 1 heterocycles. The van der Waals surface area contributed by atoms with E-state index in [1.54, 1.807) is 24.3 Å². The van der Waals surface area contributed by atoms with Gasteiger partial charge in [-0.25, -0.2) is 0 Å². The maximum absolute atomic E-state index is 12.2. The van der Waals surface area contributed by atoms with Crippen LogP contribution in [-0.4, -0.2) is 30.3 Å². The highest BCUT2D eigenvalue weighted by Crippen LogP contribution is 2.27. The first-order valence-corrected chi connectivity index (χ1v) is 7.61. The lowest BCUT2D eigenvalue weighted by atomic mass is 10.1. The summed E-state index contributed by atoms with van der Waals surface area (Å²) < 4.78 is 0. The van der Waals surface area contributed by atoms with Crippen molar-refractivity contribution in [1.82, 2.24) is 10.6 Å². The van der Waals surface area contributed by atoms with Crippen LogP contribution in [0.4, 0.5) is 5.69 Å². The minimum atomic E-state index is -0.688. The van der Waals surface area contributed by atoms with Crippen LogP contribution < -0.4 is 16.0 Å². The Balaban J connectivity index is 1.57. The standard InChI is InChI=1S/C16H19N3O3/c20-14(17-9-10-5-6-10)8-7-13-16(22)18-12-4-2-1-3-11(12)15(21)19-13/h1-4,10,13H,5-9H2,(H,17,20)(H,18,22)(H,19,21)/t13-/m0/s1. The zero-order chi connectivity index (χ0) is 15.5. The van der Waals surface area contributed by atoms with Crippen LogP contribution in [0.5, 0.6) is 0 Å². The number of anilines is 1. The van der Waals surface area contributed by atoms with Gasteiger partial charge in [0.15, 0.2) is 0 Å². The molecule has 1 aliphatic heterocycles. The molecule has 1 atom stereocenters. The Morgan fingerprint density at radius 3 is 2.77 bits per heavy atom. The number of benzene rings is 1. The van der Waals surface area contributed by atoms with E-state index in [0.29, 0.717) is 30.1 Å². The molecule has 3 amide bonds. The van der Waals surface area contributed by atoms with Crippen LogP contribution in [0.3, 0.4) is 0 Å². The van der Waals surface area contributed by atoms with Gasteiger partial charge in [0.05, 0.1) is 11.3 Å². The molecule has 3 rings (SSSR count). The third-order valence-electron chi connectivity index (χ3n) is 4.00. The Bertz CT molecular complexity index is 610.